The molecule has 3 heteroatoms. The second-order valence-corrected chi connectivity index (χ2v) is 24.3. The summed E-state index contributed by atoms with van der Waals surface area (Å²) in [4.78, 5) is 0. The number of aliphatic hydroxyl groups is 1. The molecule has 0 amide bonds. The molecule has 74 heavy (non-hydrogen) atoms. The first kappa shape index (κ1) is 46.6. The van der Waals surface area contributed by atoms with Crippen LogP contribution in [0.2, 0.25) is 0 Å². The lowest BCUT2D eigenvalue weighted by molar-refractivity contribution is 0.131. The maximum Gasteiger partial charge on any atom is 0.141 e. The van der Waals surface area contributed by atoms with Crippen molar-refractivity contribution in [3.05, 3.63) is 249 Å². The van der Waals surface area contributed by atoms with Crippen LogP contribution < -0.4 is 0 Å². The van der Waals surface area contributed by atoms with Crippen LogP contribution in [0.15, 0.2) is 221 Å². The summed E-state index contributed by atoms with van der Waals surface area (Å²) in [7, 11) is 0. The van der Waals surface area contributed by atoms with E-state index in [2.05, 4.69) is 286 Å². The Kier molecular flexibility index (Phi) is 10.8. The van der Waals surface area contributed by atoms with E-state index in [0.717, 1.165) is 64.2 Å². The van der Waals surface area contributed by atoms with Gasteiger partial charge in [0.25, 0.3) is 0 Å². The third kappa shape index (κ3) is 7.42. The predicted molar refractivity (Wildman–Crippen MR) is 320 cm³/mol. The average Bonchev–Trinajstić information content (AvgIpc) is 3.88. The number of fused-ring (bicyclic) bond motifs is 7. The normalized spacial score (nSPS) is 13.3. The van der Waals surface area contributed by atoms with Gasteiger partial charge in [-0.05, 0) is 187 Å². The van der Waals surface area contributed by atoms with E-state index in [1.165, 1.54) is 83.1 Å². The summed E-state index contributed by atoms with van der Waals surface area (Å²) in [5.74, 6) is 0. The monoisotopic (exact) mass is 1080 g/mol. The summed E-state index contributed by atoms with van der Waals surface area (Å²) in [5, 5.41) is 18.3. The lowest BCUT2D eigenvalue weighted by Crippen LogP contribution is -2.26. The number of halogens is 2. The molecule has 0 spiro atoms. The first-order chi connectivity index (χ1) is 35.6. The molecule has 0 saturated heterocycles. The van der Waals surface area contributed by atoms with Gasteiger partial charge in [0, 0.05) is 20.1 Å². The number of hydrogen-bond acceptors (Lipinski definition) is 1. The zero-order chi connectivity index (χ0) is 50.8. The molecule has 0 aromatic heterocycles. The molecule has 2 aliphatic carbocycles. The molecule has 0 fully saturated rings. The molecular weight excluding hydrogens is 1030 g/mol. The van der Waals surface area contributed by atoms with Crippen molar-refractivity contribution in [1.29, 1.82) is 0 Å². The van der Waals surface area contributed by atoms with E-state index < -0.39 is 5.60 Å². The Balaban J connectivity index is 1.08. The summed E-state index contributed by atoms with van der Waals surface area (Å²) in [6.45, 7) is 13.7. The van der Waals surface area contributed by atoms with Crippen molar-refractivity contribution >= 4 is 53.4 Å². The molecule has 0 unspecified atom stereocenters. The summed E-state index contributed by atoms with van der Waals surface area (Å²) in [6, 6.07) is 78.2. The molecule has 0 bridgehead atoms. The van der Waals surface area contributed by atoms with Crippen LogP contribution in [0.5, 0.6) is 0 Å². The van der Waals surface area contributed by atoms with Crippen molar-refractivity contribution in [2.24, 2.45) is 0 Å². The standard InChI is InChI=1S/C71H54Br2O/c1-69(2,3)49-24-20-42(21-25-49)46-36-47(43-22-26-50(27-23-43)70(4,5)6)38-48(37-46)54-34-35-60-66-57(54)18-13-19-59(66)67-64(44-14-9-7-10-15-44)58-31-28-51(39-61(58)65(68(60)67)45-16-11-8-12-17-45)71(74)62-40-52(72)29-32-55(62)56-33-30-53(73)41-63(56)71/h7-41,74H,1-6H3. The molecule has 0 aliphatic heterocycles. The van der Waals surface area contributed by atoms with Crippen LogP contribution in [0.3, 0.4) is 0 Å². The molecule has 1 N–H and O–H groups in total. The van der Waals surface area contributed by atoms with Gasteiger partial charge in [-0.25, -0.2) is 0 Å². The lowest BCUT2D eigenvalue weighted by atomic mass is 9.79. The van der Waals surface area contributed by atoms with E-state index in [-0.39, 0.29) is 10.8 Å². The second-order valence-electron chi connectivity index (χ2n) is 22.4. The number of rotatable bonds is 6. The van der Waals surface area contributed by atoms with Crippen molar-refractivity contribution in [2.45, 2.75) is 58.0 Å². The largest absolute Gasteiger partial charge is 0.376 e. The van der Waals surface area contributed by atoms with Gasteiger partial charge in [-0.15, -0.1) is 0 Å². The van der Waals surface area contributed by atoms with Crippen molar-refractivity contribution in [3.8, 4) is 89.0 Å². The van der Waals surface area contributed by atoms with Gasteiger partial charge in [-0.2, -0.15) is 0 Å². The highest BCUT2D eigenvalue weighted by atomic mass is 79.9. The highest BCUT2D eigenvalue weighted by Gasteiger charge is 2.44. The fraction of sp³-hybridized carbons (Fsp3) is 0.127. The first-order valence-electron chi connectivity index (χ1n) is 25.7. The third-order valence-corrected chi connectivity index (χ3v) is 16.9. The highest BCUT2D eigenvalue weighted by Crippen LogP contribution is 2.60. The van der Waals surface area contributed by atoms with E-state index >= 15 is 0 Å². The minimum Gasteiger partial charge on any atom is -0.376 e. The van der Waals surface area contributed by atoms with Gasteiger partial charge in [0.1, 0.15) is 5.60 Å². The zero-order valence-corrected chi connectivity index (χ0v) is 45.6. The van der Waals surface area contributed by atoms with Gasteiger partial charge in [0.05, 0.1) is 0 Å². The Morgan fingerprint density at radius 1 is 0.324 bits per heavy atom. The molecule has 1 nitrogen and oxygen atoms in total. The van der Waals surface area contributed by atoms with Gasteiger partial charge in [0.15, 0.2) is 0 Å². The smallest absolute Gasteiger partial charge is 0.141 e. The SMILES string of the molecule is CC(C)(C)c1ccc(-c2cc(-c3ccc(C(C)(C)C)cc3)cc(-c3ccc4c5c(cccc35)-c3c-4c(-c4ccccc4)c4cc(C5(O)c6cc(Br)ccc6-c6ccc(Br)cc65)ccc4c3-c3ccccc3)c2)cc1. The molecule has 0 radical (unpaired) electrons. The summed E-state index contributed by atoms with van der Waals surface area (Å²) in [6.07, 6.45) is 0. The predicted octanol–water partition coefficient (Wildman–Crippen LogP) is 20.4. The molecule has 0 heterocycles. The maximum atomic E-state index is 13.6. The topological polar surface area (TPSA) is 20.2 Å². The van der Waals surface area contributed by atoms with Crippen LogP contribution >= 0.6 is 31.9 Å². The van der Waals surface area contributed by atoms with Gasteiger partial charge >= 0.3 is 0 Å². The quantitative estimate of drug-likeness (QED) is 0.176. The first-order valence-corrected chi connectivity index (χ1v) is 27.3. The van der Waals surface area contributed by atoms with Crippen molar-refractivity contribution in [1.82, 2.24) is 0 Å². The Morgan fingerprint density at radius 3 is 1.30 bits per heavy atom. The molecule has 358 valence electrons. The molecular formula is C71H54Br2O. The summed E-state index contributed by atoms with van der Waals surface area (Å²) >= 11 is 7.54. The number of benzene rings is 11. The summed E-state index contributed by atoms with van der Waals surface area (Å²) < 4.78 is 1.85. The van der Waals surface area contributed by atoms with Gasteiger partial charge in [-0.1, -0.05) is 237 Å². The van der Waals surface area contributed by atoms with E-state index in [0.29, 0.717) is 0 Å². The fourth-order valence-electron chi connectivity index (χ4n) is 12.1. The zero-order valence-electron chi connectivity index (χ0n) is 42.4. The number of hydrogen-bond donors (Lipinski definition) is 1. The Bertz CT molecular complexity index is 3950. The molecule has 11 aromatic rings. The van der Waals surface area contributed by atoms with Crippen LogP contribution in [-0.4, -0.2) is 5.11 Å². The summed E-state index contributed by atoms with van der Waals surface area (Å²) in [5.41, 5.74) is 22.7. The van der Waals surface area contributed by atoms with E-state index in [1.807, 2.05) is 0 Å². The lowest BCUT2D eigenvalue weighted by Gasteiger charge is -2.28. The Hall–Kier alpha value is -7.14. The van der Waals surface area contributed by atoms with Gasteiger partial charge < -0.3 is 5.11 Å². The van der Waals surface area contributed by atoms with E-state index in [1.54, 1.807) is 0 Å². The van der Waals surface area contributed by atoms with Crippen molar-refractivity contribution < 1.29 is 5.11 Å². The Labute approximate surface area is 451 Å². The maximum absolute atomic E-state index is 13.6. The van der Waals surface area contributed by atoms with E-state index in [4.69, 9.17) is 0 Å². The average molecular weight is 1080 g/mol. The molecule has 13 rings (SSSR count). The molecule has 11 aromatic carbocycles. The molecule has 2 aliphatic rings. The van der Waals surface area contributed by atoms with Crippen molar-refractivity contribution in [3.63, 3.8) is 0 Å². The van der Waals surface area contributed by atoms with Gasteiger partial charge in [-0.3, -0.25) is 0 Å². The van der Waals surface area contributed by atoms with Crippen LogP contribution in [-0.2, 0) is 16.4 Å². The van der Waals surface area contributed by atoms with Crippen LogP contribution in [0.4, 0.5) is 0 Å². The van der Waals surface area contributed by atoms with Crippen LogP contribution in [0, 0.1) is 0 Å². The molecule has 0 atom stereocenters. The highest BCUT2D eigenvalue weighted by molar-refractivity contribution is 9.10. The minimum absolute atomic E-state index is 0.0577. The molecule has 0 saturated carbocycles. The van der Waals surface area contributed by atoms with Crippen LogP contribution in [0.25, 0.3) is 111 Å². The third-order valence-electron chi connectivity index (χ3n) is 15.9. The fourth-order valence-corrected chi connectivity index (χ4v) is 12.9. The van der Waals surface area contributed by atoms with E-state index in [9.17, 15) is 5.11 Å². The van der Waals surface area contributed by atoms with Crippen molar-refractivity contribution in [2.75, 3.05) is 0 Å². The minimum atomic E-state index is -1.42. The van der Waals surface area contributed by atoms with Crippen LogP contribution in [0.1, 0.15) is 69.4 Å². The second kappa shape index (κ2) is 17.2. The Morgan fingerprint density at radius 2 is 0.784 bits per heavy atom. The van der Waals surface area contributed by atoms with Gasteiger partial charge in [0.2, 0.25) is 0 Å².